The van der Waals surface area contributed by atoms with Crippen molar-refractivity contribution in [1.29, 1.82) is 0 Å². The van der Waals surface area contributed by atoms with E-state index in [2.05, 4.69) is 37.4 Å². The Morgan fingerprint density at radius 1 is 1.17 bits per heavy atom. The number of nitrogens with one attached hydrogen (secondary N) is 2. The van der Waals surface area contributed by atoms with E-state index in [4.69, 9.17) is 0 Å². The van der Waals surface area contributed by atoms with Crippen LogP contribution in [0.15, 0.2) is 33.9 Å². The Balaban J connectivity index is 1.64. The lowest BCUT2D eigenvalue weighted by atomic mass is 10.1. The van der Waals surface area contributed by atoms with Gasteiger partial charge in [0.05, 0.1) is 18.6 Å². The van der Waals surface area contributed by atoms with Crippen LogP contribution in [0.5, 0.6) is 0 Å². The highest BCUT2D eigenvalue weighted by Gasteiger charge is 2.23. The van der Waals surface area contributed by atoms with Gasteiger partial charge in [0, 0.05) is 30.7 Å². The van der Waals surface area contributed by atoms with Gasteiger partial charge in [0.1, 0.15) is 5.82 Å². The standard InChI is InChI=1S/C25H28N8O2/c1-4-5-13-32-21-22(30-24(32)28-17-9-8-12-26-14-17)31(3)25(35)33(23(21)34)15-20-27-16(2)18-10-6-7-11-19(18)29-20/h6-7,10-11,17,26H,8-9,12-15H2,1-3H3,(H,28,30). The van der Waals surface area contributed by atoms with E-state index in [-0.39, 0.29) is 19.1 Å². The fourth-order valence-electron chi connectivity index (χ4n) is 4.60. The third kappa shape index (κ3) is 4.19. The molecule has 3 aromatic heterocycles. The number of imidazole rings is 1. The molecule has 35 heavy (non-hydrogen) atoms. The molecule has 1 aliphatic heterocycles. The summed E-state index contributed by atoms with van der Waals surface area (Å²) in [6.07, 6.45) is 2.06. The number of rotatable bonds is 5. The third-order valence-corrected chi connectivity index (χ3v) is 6.42. The fraction of sp³-hybridized carbons (Fsp3) is 0.400. The summed E-state index contributed by atoms with van der Waals surface area (Å²) < 4.78 is 4.35. The second-order valence-corrected chi connectivity index (χ2v) is 8.78. The van der Waals surface area contributed by atoms with Crippen LogP contribution in [-0.2, 0) is 20.1 Å². The Morgan fingerprint density at radius 3 is 2.77 bits per heavy atom. The van der Waals surface area contributed by atoms with Gasteiger partial charge in [-0.3, -0.25) is 18.5 Å². The molecule has 4 aromatic rings. The Labute approximate surface area is 202 Å². The Hall–Kier alpha value is -3.97. The van der Waals surface area contributed by atoms with Gasteiger partial charge in [0.25, 0.3) is 5.56 Å². The Morgan fingerprint density at radius 2 is 2.00 bits per heavy atom. The summed E-state index contributed by atoms with van der Waals surface area (Å²) in [6, 6.07) is 7.87. The predicted octanol–water partition coefficient (Wildman–Crippen LogP) is 1.38. The van der Waals surface area contributed by atoms with Crippen LogP contribution in [0.3, 0.4) is 0 Å². The lowest BCUT2D eigenvalue weighted by molar-refractivity contribution is 0.477. The van der Waals surface area contributed by atoms with E-state index < -0.39 is 11.2 Å². The minimum Gasteiger partial charge on any atom is -0.352 e. The van der Waals surface area contributed by atoms with Crippen molar-refractivity contribution in [3.05, 3.63) is 56.6 Å². The predicted molar refractivity (Wildman–Crippen MR) is 136 cm³/mol. The molecule has 10 heteroatoms. The van der Waals surface area contributed by atoms with Crippen LogP contribution in [0.1, 0.15) is 31.3 Å². The maximum atomic E-state index is 13.7. The van der Waals surface area contributed by atoms with Crippen molar-refractivity contribution in [1.82, 2.24) is 34.0 Å². The van der Waals surface area contributed by atoms with Crippen LogP contribution in [0.25, 0.3) is 22.1 Å². The Kier molecular flexibility index (Phi) is 6.09. The van der Waals surface area contributed by atoms with Crippen molar-refractivity contribution in [2.45, 2.75) is 45.8 Å². The third-order valence-electron chi connectivity index (χ3n) is 6.42. The molecule has 1 atom stereocenters. The Bertz CT molecular complexity index is 1600. The number of hydrogen-bond acceptors (Lipinski definition) is 7. The van der Waals surface area contributed by atoms with Crippen LogP contribution in [0.2, 0.25) is 0 Å². The molecule has 0 aliphatic carbocycles. The minimum atomic E-state index is -0.464. The molecule has 180 valence electrons. The van der Waals surface area contributed by atoms with E-state index >= 15 is 0 Å². The highest BCUT2D eigenvalue weighted by Crippen LogP contribution is 2.19. The smallest absolute Gasteiger partial charge is 0.332 e. The monoisotopic (exact) mass is 472 g/mol. The number of fused-ring (bicyclic) bond motifs is 2. The van der Waals surface area contributed by atoms with E-state index in [1.165, 1.54) is 9.13 Å². The number of para-hydroxylation sites is 1. The molecule has 0 amide bonds. The topological polar surface area (TPSA) is 112 Å². The maximum absolute atomic E-state index is 13.7. The van der Waals surface area contributed by atoms with Crippen molar-refractivity contribution < 1.29 is 0 Å². The first kappa shape index (κ1) is 22.8. The molecule has 0 bridgehead atoms. The summed E-state index contributed by atoms with van der Waals surface area (Å²) in [7, 11) is 1.63. The van der Waals surface area contributed by atoms with Crippen LogP contribution in [0, 0.1) is 18.8 Å². The highest BCUT2D eigenvalue weighted by atomic mass is 16.2. The number of hydrogen-bond donors (Lipinski definition) is 2. The van der Waals surface area contributed by atoms with Gasteiger partial charge in [-0.25, -0.2) is 14.8 Å². The number of benzene rings is 1. The van der Waals surface area contributed by atoms with Crippen molar-refractivity contribution in [3.8, 4) is 11.8 Å². The zero-order chi connectivity index (χ0) is 24.5. The average molecular weight is 473 g/mol. The van der Waals surface area contributed by atoms with Crippen molar-refractivity contribution in [2.75, 3.05) is 18.4 Å². The molecule has 0 spiro atoms. The summed E-state index contributed by atoms with van der Waals surface area (Å²) in [5.41, 5.74) is 1.34. The zero-order valence-electron chi connectivity index (χ0n) is 20.1. The van der Waals surface area contributed by atoms with E-state index in [9.17, 15) is 9.59 Å². The summed E-state index contributed by atoms with van der Waals surface area (Å²) in [4.78, 5) is 40.7. The van der Waals surface area contributed by atoms with Crippen LogP contribution in [-0.4, -0.2) is 47.8 Å². The number of piperidine rings is 1. The summed E-state index contributed by atoms with van der Waals surface area (Å²) in [5, 5.41) is 7.77. The lowest BCUT2D eigenvalue weighted by Gasteiger charge is -2.24. The number of anilines is 1. The van der Waals surface area contributed by atoms with Crippen LogP contribution in [0.4, 0.5) is 5.95 Å². The van der Waals surface area contributed by atoms with Crippen LogP contribution < -0.4 is 21.9 Å². The first-order valence-corrected chi connectivity index (χ1v) is 11.8. The molecule has 1 saturated heterocycles. The lowest BCUT2D eigenvalue weighted by Crippen LogP contribution is -2.40. The number of nitrogens with zero attached hydrogens (tertiary/aromatic N) is 6. The molecule has 1 unspecified atom stereocenters. The van der Waals surface area contributed by atoms with Gasteiger partial charge in [-0.15, -0.1) is 5.92 Å². The molecule has 1 aliphatic rings. The minimum absolute atomic E-state index is 0.0347. The SMILES string of the molecule is CC#CCn1c(NC2CCCNC2)nc2c1c(=O)n(Cc1nc(C)c3ccccc3n1)c(=O)n2C. The number of aryl methyl sites for hydroxylation is 2. The largest absolute Gasteiger partial charge is 0.352 e. The molecule has 5 rings (SSSR count). The first-order valence-electron chi connectivity index (χ1n) is 11.8. The van der Waals surface area contributed by atoms with Gasteiger partial charge in [0.2, 0.25) is 5.95 Å². The van der Waals surface area contributed by atoms with E-state index in [1.807, 2.05) is 31.2 Å². The summed E-state index contributed by atoms with van der Waals surface area (Å²) in [6.45, 7) is 5.70. The molecule has 2 N–H and O–H groups in total. The first-order chi connectivity index (χ1) is 17.0. The van der Waals surface area contributed by atoms with Crippen molar-refractivity contribution in [2.24, 2.45) is 7.05 Å². The molecular weight excluding hydrogens is 444 g/mol. The molecule has 1 fully saturated rings. The van der Waals surface area contributed by atoms with Gasteiger partial charge in [-0.1, -0.05) is 24.1 Å². The van der Waals surface area contributed by atoms with Crippen LogP contribution >= 0.6 is 0 Å². The second kappa shape index (κ2) is 9.35. The molecular formula is C25H28N8O2. The molecule has 4 heterocycles. The fourth-order valence-corrected chi connectivity index (χ4v) is 4.60. The normalized spacial score (nSPS) is 15.8. The maximum Gasteiger partial charge on any atom is 0.332 e. The quantitative estimate of drug-likeness (QED) is 0.422. The van der Waals surface area contributed by atoms with E-state index in [0.717, 1.165) is 42.5 Å². The average Bonchev–Trinajstić information content (AvgIpc) is 3.22. The number of aromatic nitrogens is 6. The molecule has 0 saturated carbocycles. The van der Waals surface area contributed by atoms with Gasteiger partial charge >= 0.3 is 5.69 Å². The van der Waals surface area contributed by atoms with Crippen molar-refractivity contribution in [3.63, 3.8) is 0 Å². The molecule has 0 radical (unpaired) electrons. The van der Waals surface area contributed by atoms with E-state index in [1.54, 1.807) is 18.5 Å². The van der Waals surface area contributed by atoms with Gasteiger partial charge < -0.3 is 10.6 Å². The zero-order valence-corrected chi connectivity index (χ0v) is 20.1. The molecule has 10 nitrogen and oxygen atoms in total. The summed E-state index contributed by atoms with van der Waals surface area (Å²) in [5.74, 6) is 6.87. The highest BCUT2D eigenvalue weighted by molar-refractivity contribution is 5.80. The van der Waals surface area contributed by atoms with Gasteiger partial charge in [-0.2, -0.15) is 4.98 Å². The van der Waals surface area contributed by atoms with Gasteiger partial charge in [0.15, 0.2) is 11.2 Å². The molecule has 1 aromatic carbocycles. The second-order valence-electron chi connectivity index (χ2n) is 8.78. The van der Waals surface area contributed by atoms with Crippen molar-refractivity contribution >= 4 is 28.0 Å². The van der Waals surface area contributed by atoms with E-state index in [0.29, 0.717) is 22.9 Å². The van der Waals surface area contributed by atoms with Gasteiger partial charge in [-0.05, 0) is 39.3 Å². The summed E-state index contributed by atoms with van der Waals surface area (Å²) >= 11 is 0.